The van der Waals surface area contributed by atoms with Crippen LogP contribution in [-0.2, 0) is 7.05 Å². The first kappa shape index (κ1) is 26.6. The minimum Gasteiger partial charge on any atom is -0.395 e. The molecule has 0 aliphatic heterocycles. The maximum atomic E-state index is 9.33. The lowest BCUT2D eigenvalue weighted by Gasteiger charge is -2.44. The van der Waals surface area contributed by atoms with Gasteiger partial charge in [-0.15, -0.1) is 0 Å². The predicted molar refractivity (Wildman–Crippen MR) is 151 cm³/mol. The van der Waals surface area contributed by atoms with E-state index in [1.807, 2.05) is 50.2 Å². The molecule has 0 bridgehead atoms. The van der Waals surface area contributed by atoms with Crippen molar-refractivity contribution in [2.24, 2.45) is 18.0 Å². The molecule has 0 atom stereocenters. The maximum absolute atomic E-state index is 9.33. The van der Waals surface area contributed by atoms with Crippen LogP contribution in [0.2, 0.25) is 0 Å². The Bertz CT molecular complexity index is 1270. The summed E-state index contributed by atoms with van der Waals surface area (Å²) in [5, 5.41) is 13.6. The lowest BCUT2D eigenvalue weighted by molar-refractivity contribution is 0.0644. The Morgan fingerprint density at radius 3 is 2.51 bits per heavy atom. The van der Waals surface area contributed by atoms with Crippen LogP contribution in [0.5, 0.6) is 0 Å². The van der Waals surface area contributed by atoms with Crippen molar-refractivity contribution >= 4 is 11.8 Å². The van der Waals surface area contributed by atoms with Gasteiger partial charge in [-0.25, -0.2) is 9.97 Å². The highest BCUT2D eigenvalue weighted by atomic mass is 16.3. The van der Waals surface area contributed by atoms with Crippen LogP contribution in [0.15, 0.2) is 72.3 Å². The Kier molecular flexibility index (Phi) is 8.46. The zero-order valence-electron chi connectivity index (χ0n) is 22.4. The molecule has 37 heavy (non-hydrogen) atoms. The van der Waals surface area contributed by atoms with Gasteiger partial charge in [0.05, 0.1) is 12.8 Å². The molecule has 4 rings (SSSR count). The lowest BCUT2D eigenvalue weighted by Crippen LogP contribution is -2.47. The van der Waals surface area contributed by atoms with Crippen LogP contribution in [0.1, 0.15) is 38.2 Å². The summed E-state index contributed by atoms with van der Waals surface area (Å²) in [6.07, 6.45) is 15.9. The van der Waals surface area contributed by atoms with E-state index in [0.29, 0.717) is 18.3 Å². The molecule has 1 aromatic carbocycles. The van der Waals surface area contributed by atoms with Gasteiger partial charge in [0.1, 0.15) is 0 Å². The molecule has 7 heteroatoms. The Labute approximate surface area is 220 Å². The molecule has 2 heterocycles. The van der Waals surface area contributed by atoms with E-state index in [-0.39, 0.29) is 12.1 Å². The number of benzene rings is 1. The largest absolute Gasteiger partial charge is 0.395 e. The van der Waals surface area contributed by atoms with Crippen molar-refractivity contribution in [3.8, 4) is 22.5 Å². The molecule has 0 spiro atoms. The molecule has 1 fully saturated rings. The van der Waals surface area contributed by atoms with Crippen molar-refractivity contribution < 1.29 is 5.11 Å². The molecule has 2 aromatic heterocycles. The Balaban J connectivity index is 1.48. The second-order valence-electron chi connectivity index (χ2n) is 10.3. The molecular weight excluding hydrogens is 460 g/mol. The average molecular weight is 499 g/mol. The number of aliphatic hydroxyl groups excluding tert-OH is 1. The van der Waals surface area contributed by atoms with Crippen LogP contribution in [-0.4, -0.2) is 68.8 Å². The average Bonchev–Trinajstić information content (AvgIpc) is 3.35. The second kappa shape index (κ2) is 11.8. The van der Waals surface area contributed by atoms with E-state index in [9.17, 15) is 5.11 Å². The Morgan fingerprint density at radius 2 is 1.89 bits per heavy atom. The zero-order valence-corrected chi connectivity index (χ0v) is 22.4. The van der Waals surface area contributed by atoms with Crippen molar-refractivity contribution in [3.63, 3.8) is 0 Å². The molecule has 1 N–H and O–H groups in total. The van der Waals surface area contributed by atoms with Crippen molar-refractivity contribution in [2.45, 2.75) is 38.1 Å². The summed E-state index contributed by atoms with van der Waals surface area (Å²) in [5.41, 5.74) is 6.25. The highest BCUT2D eigenvalue weighted by molar-refractivity contribution is 6.10. The van der Waals surface area contributed by atoms with Gasteiger partial charge in [0, 0.05) is 73.2 Å². The number of aryl methyl sites for hydroxylation is 1. The van der Waals surface area contributed by atoms with E-state index in [0.717, 1.165) is 59.1 Å². The molecule has 1 saturated carbocycles. The number of β-amino-alcohol motifs (C(OH)–C–C–N with tert-alkyl or cyclic N) is 1. The molecule has 0 radical (unpaired) electrons. The van der Waals surface area contributed by atoms with Crippen molar-refractivity contribution in [1.82, 2.24) is 24.6 Å². The molecule has 0 amide bonds. The van der Waals surface area contributed by atoms with E-state index < -0.39 is 0 Å². The number of hydrogen-bond acceptors (Lipinski definition) is 6. The van der Waals surface area contributed by atoms with Gasteiger partial charge in [0.15, 0.2) is 5.82 Å². The van der Waals surface area contributed by atoms with Gasteiger partial charge in [-0.1, -0.05) is 30.4 Å². The SMILES string of the molecule is C=C(C=C(C=NC)c1cnc(-c2cccc(-c3cnn(C)c3)c2)nc1)C1CCC(C)(N(C)CCO)CC1. The van der Waals surface area contributed by atoms with Crippen LogP contribution in [0.25, 0.3) is 28.1 Å². The van der Waals surface area contributed by atoms with Crippen LogP contribution < -0.4 is 0 Å². The second-order valence-corrected chi connectivity index (χ2v) is 10.3. The fourth-order valence-electron chi connectivity index (χ4n) is 5.10. The third-order valence-corrected chi connectivity index (χ3v) is 7.70. The Morgan fingerprint density at radius 1 is 1.19 bits per heavy atom. The van der Waals surface area contributed by atoms with Crippen molar-refractivity contribution in [2.75, 3.05) is 27.2 Å². The van der Waals surface area contributed by atoms with E-state index in [1.165, 1.54) is 0 Å². The number of nitrogens with zero attached hydrogens (tertiary/aromatic N) is 6. The quantitative estimate of drug-likeness (QED) is 0.330. The summed E-state index contributed by atoms with van der Waals surface area (Å²) in [4.78, 5) is 15.9. The first-order valence-corrected chi connectivity index (χ1v) is 12.9. The number of aliphatic imine (C=N–C) groups is 1. The molecule has 1 aliphatic rings. The number of rotatable bonds is 9. The van der Waals surface area contributed by atoms with Gasteiger partial charge < -0.3 is 5.11 Å². The molecule has 0 unspecified atom stereocenters. The van der Waals surface area contributed by atoms with Crippen LogP contribution in [0.3, 0.4) is 0 Å². The molecule has 194 valence electrons. The maximum Gasteiger partial charge on any atom is 0.159 e. The number of hydrogen-bond donors (Lipinski definition) is 1. The van der Waals surface area contributed by atoms with Crippen LogP contribution in [0, 0.1) is 5.92 Å². The third kappa shape index (κ3) is 6.29. The monoisotopic (exact) mass is 498 g/mol. The minimum absolute atomic E-state index is 0.134. The van der Waals surface area contributed by atoms with Gasteiger partial charge >= 0.3 is 0 Å². The fourth-order valence-corrected chi connectivity index (χ4v) is 5.10. The first-order valence-electron chi connectivity index (χ1n) is 12.9. The predicted octanol–water partition coefficient (Wildman–Crippen LogP) is 5.06. The highest BCUT2D eigenvalue weighted by Gasteiger charge is 2.34. The number of allylic oxidation sites excluding steroid dienone is 3. The fraction of sp³-hybridized carbons (Fsp3) is 0.400. The molecule has 7 nitrogen and oxygen atoms in total. The Hall–Kier alpha value is -3.42. The van der Waals surface area contributed by atoms with Gasteiger partial charge in [-0.05, 0) is 63.3 Å². The smallest absolute Gasteiger partial charge is 0.159 e. The summed E-state index contributed by atoms with van der Waals surface area (Å²) in [6.45, 7) is 7.63. The van der Waals surface area contributed by atoms with Gasteiger partial charge in [-0.3, -0.25) is 14.6 Å². The molecular formula is C30H38N6O. The van der Waals surface area contributed by atoms with Crippen molar-refractivity contribution in [1.29, 1.82) is 0 Å². The zero-order chi connectivity index (χ0) is 26.4. The number of aliphatic hydroxyl groups is 1. The summed E-state index contributed by atoms with van der Waals surface area (Å²) < 4.78 is 1.80. The minimum atomic E-state index is 0.134. The summed E-state index contributed by atoms with van der Waals surface area (Å²) in [6, 6.07) is 8.20. The van der Waals surface area contributed by atoms with Gasteiger partial charge in [0.2, 0.25) is 0 Å². The highest BCUT2D eigenvalue weighted by Crippen LogP contribution is 2.39. The molecule has 0 saturated heterocycles. The van der Waals surface area contributed by atoms with Crippen LogP contribution >= 0.6 is 0 Å². The summed E-state index contributed by atoms with van der Waals surface area (Å²) >= 11 is 0. The summed E-state index contributed by atoms with van der Waals surface area (Å²) in [5.74, 6) is 1.12. The number of likely N-dealkylation sites (N-methyl/N-ethyl adjacent to an activating group) is 1. The molecule has 3 aromatic rings. The lowest BCUT2D eigenvalue weighted by atomic mass is 9.74. The van der Waals surface area contributed by atoms with Gasteiger partial charge in [0.25, 0.3) is 0 Å². The normalized spacial score (nSPS) is 20.6. The number of aromatic nitrogens is 4. The first-order chi connectivity index (χ1) is 17.8. The van der Waals surface area contributed by atoms with Crippen molar-refractivity contribution in [3.05, 3.63) is 72.8 Å². The topological polar surface area (TPSA) is 79.4 Å². The van der Waals surface area contributed by atoms with E-state index in [1.54, 1.807) is 11.7 Å². The summed E-state index contributed by atoms with van der Waals surface area (Å²) in [7, 11) is 5.80. The van der Waals surface area contributed by atoms with Crippen LogP contribution in [0.4, 0.5) is 0 Å². The standard InChI is InChI=1S/C30H38N6O/c1-22(23-9-11-30(2,12-10-23)35(4)13-14-37)15-26(17-31-3)27-18-32-29(33-19-27)25-8-6-7-24(16-25)28-20-34-36(5)21-28/h6-8,15-21,23,37H,1,9-14H2,2-5H3. The molecule has 1 aliphatic carbocycles. The van der Waals surface area contributed by atoms with Gasteiger partial charge in [-0.2, -0.15) is 5.10 Å². The van der Waals surface area contributed by atoms with E-state index >= 15 is 0 Å². The van der Waals surface area contributed by atoms with E-state index in [2.05, 4.69) is 63.7 Å². The third-order valence-electron chi connectivity index (χ3n) is 7.70. The van der Waals surface area contributed by atoms with E-state index in [4.69, 9.17) is 0 Å².